The number of pyridine rings is 1. The Bertz CT molecular complexity index is 905. The van der Waals surface area contributed by atoms with Crippen molar-refractivity contribution in [1.29, 1.82) is 0 Å². The zero-order valence-corrected chi connectivity index (χ0v) is 17.7. The number of nitrogens with two attached hydrogens (primary N) is 1. The van der Waals surface area contributed by atoms with E-state index in [1.807, 2.05) is 18.2 Å². The summed E-state index contributed by atoms with van der Waals surface area (Å²) in [5.74, 6) is 1.52. The van der Waals surface area contributed by atoms with E-state index in [0.717, 1.165) is 68.7 Å². The van der Waals surface area contributed by atoms with Crippen molar-refractivity contribution in [1.82, 2.24) is 19.9 Å². The number of H-pyrrole nitrogens is 1. The number of aromatic amines is 1. The summed E-state index contributed by atoms with van der Waals surface area (Å²) in [7, 11) is 0. The minimum Gasteiger partial charge on any atom is -0.341 e. The molecular weight excluding hydrogens is 382 g/mol. The summed E-state index contributed by atoms with van der Waals surface area (Å²) in [5.41, 5.74) is 10.4. The van der Waals surface area contributed by atoms with Crippen LogP contribution in [0.15, 0.2) is 36.4 Å². The molecule has 154 valence electrons. The van der Waals surface area contributed by atoms with Crippen molar-refractivity contribution in [2.24, 2.45) is 5.73 Å². The van der Waals surface area contributed by atoms with Crippen molar-refractivity contribution in [2.75, 3.05) is 19.6 Å². The van der Waals surface area contributed by atoms with E-state index >= 15 is 0 Å². The smallest absolute Gasteiger partial charge is 0.129 e. The molecule has 3 aromatic rings. The Hall–Kier alpha value is -1.95. The number of nitrogens with one attached hydrogen (secondary N) is 1. The fourth-order valence-corrected chi connectivity index (χ4v) is 4.53. The number of hydrogen-bond donors (Lipinski definition) is 2. The molecule has 5 nitrogen and oxygen atoms in total. The predicted octanol–water partition coefficient (Wildman–Crippen LogP) is 4.66. The monoisotopic (exact) mass is 411 g/mol. The van der Waals surface area contributed by atoms with Gasteiger partial charge >= 0.3 is 0 Å². The van der Waals surface area contributed by atoms with E-state index in [1.165, 1.54) is 24.1 Å². The fraction of sp³-hybridized carbons (Fsp3) is 0.478. The van der Waals surface area contributed by atoms with Crippen LogP contribution in [0.25, 0.3) is 11.0 Å². The Balaban J connectivity index is 1.44. The van der Waals surface area contributed by atoms with Gasteiger partial charge in [-0.25, -0.2) is 9.97 Å². The number of para-hydroxylation sites is 2. The molecule has 6 heteroatoms. The molecule has 0 radical (unpaired) electrons. The van der Waals surface area contributed by atoms with Gasteiger partial charge in [-0.3, -0.25) is 4.90 Å². The minimum atomic E-state index is 0.491. The van der Waals surface area contributed by atoms with Gasteiger partial charge in [0.25, 0.3) is 0 Å². The topological polar surface area (TPSA) is 70.8 Å². The molecule has 0 saturated heterocycles. The highest BCUT2D eigenvalue weighted by Gasteiger charge is 2.23. The molecule has 29 heavy (non-hydrogen) atoms. The number of rotatable bonds is 9. The van der Waals surface area contributed by atoms with Gasteiger partial charge in [-0.2, -0.15) is 0 Å². The summed E-state index contributed by atoms with van der Waals surface area (Å²) in [4.78, 5) is 15.4. The van der Waals surface area contributed by atoms with Gasteiger partial charge in [-0.05, 0) is 81.9 Å². The van der Waals surface area contributed by atoms with Crippen LogP contribution in [-0.2, 0) is 13.0 Å². The lowest BCUT2D eigenvalue weighted by Crippen LogP contribution is -2.28. The first-order valence-corrected chi connectivity index (χ1v) is 11.1. The van der Waals surface area contributed by atoms with Crippen LogP contribution in [0.3, 0.4) is 0 Å². The van der Waals surface area contributed by atoms with Crippen LogP contribution in [0.2, 0.25) is 5.15 Å². The maximum atomic E-state index is 6.19. The predicted molar refractivity (Wildman–Crippen MR) is 119 cm³/mol. The third-order valence-corrected chi connectivity index (χ3v) is 6.11. The van der Waals surface area contributed by atoms with Crippen LogP contribution in [0.4, 0.5) is 0 Å². The normalized spacial score (nSPS) is 16.4. The van der Waals surface area contributed by atoms with Crippen LogP contribution in [0.5, 0.6) is 0 Å². The molecule has 1 unspecified atom stereocenters. The molecule has 2 aromatic heterocycles. The van der Waals surface area contributed by atoms with E-state index < -0.39 is 0 Å². The molecule has 0 amide bonds. The highest BCUT2D eigenvalue weighted by Crippen LogP contribution is 2.33. The molecule has 1 atom stereocenters. The summed E-state index contributed by atoms with van der Waals surface area (Å²) >= 11 is 6.19. The van der Waals surface area contributed by atoms with E-state index in [-0.39, 0.29) is 0 Å². The maximum absolute atomic E-state index is 6.19. The lowest BCUT2D eigenvalue weighted by molar-refractivity contribution is 0.241. The zero-order chi connectivity index (χ0) is 20.1. The molecule has 0 aliphatic heterocycles. The van der Waals surface area contributed by atoms with Gasteiger partial charge in [0.15, 0.2) is 0 Å². The Morgan fingerprint density at radius 2 is 2.00 bits per heavy atom. The lowest BCUT2D eigenvalue weighted by atomic mass is 9.84. The van der Waals surface area contributed by atoms with E-state index in [1.54, 1.807) is 0 Å². The first-order chi connectivity index (χ1) is 14.2. The molecule has 0 saturated carbocycles. The van der Waals surface area contributed by atoms with Crippen LogP contribution >= 0.6 is 11.6 Å². The number of aromatic nitrogens is 3. The van der Waals surface area contributed by atoms with Gasteiger partial charge < -0.3 is 10.7 Å². The molecule has 0 bridgehead atoms. The van der Waals surface area contributed by atoms with Gasteiger partial charge in [0.05, 0.1) is 17.6 Å². The standard InChI is InChI=1S/C23H30ClN5/c24-21-11-10-17-6-5-7-18(23(17)28-21)12-15-29(14-4-3-13-25)16-22-26-19-8-1-2-9-20(19)27-22/h1-2,8-11,18H,3-7,12-16,25H2,(H,26,27). The SMILES string of the molecule is NCCCCN(CCC1CCCc2ccc(Cl)nc21)Cc1nc2ccccc2[nH]1. The quantitative estimate of drug-likeness (QED) is 0.396. The number of fused-ring (bicyclic) bond motifs is 2. The molecule has 3 N–H and O–H groups in total. The van der Waals surface area contributed by atoms with Gasteiger partial charge in [0.2, 0.25) is 0 Å². The zero-order valence-electron chi connectivity index (χ0n) is 16.9. The van der Waals surface area contributed by atoms with Gasteiger partial charge in [0, 0.05) is 11.6 Å². The van der Waals surface area contributed by atoms with Crippen molar-refractivity contribution in [2.45, 2.75) is 51.0 Å². The summed E-state index contributed by atoms with van der Waals surface area (Å²) in [6.45, 7) is 3.65. The third kappa shape index (κ3) is 5.16. The first kappa shape index (κ1) is 20.3. The molecule has 0 spiro atoms. The third-order valence-electron chi connectivity index (χ3n) is 5.90. The molecular formula is C23H30ClN5. The van der Waals surface area contributed by atoms with Crippen molar-refractivity contribution < 1.29 is 0 Å². The second-order valence-electron chi connectivity index (χ2n) is 8.03. The van der Waals surface area contributed by atoms with Gasteiger partial charge in [0.1, 0.15) is 11.0 Å². The van der Waals surface area contributed by atoms with E-state index in [9.17, 15) is 0 Å². The van der Waals surface area contributed by atoms with Crippen molar-refractivity contribution in [3.63, 3.8) is 0 Å². The number of benzene rings is 1. The van der Waals surface area contributed by atoms with E-state index in [0.29, 0.717) is 11.1 Å². The Kier molecular flexibility index (Phi) is 6.80. The summed E-state index contributed by atoms with van der Waals surface area (Å²) in [5, 5.41) is 0.609. The van der Waals surface area contributed by atoms with Crippen molar-refractivity contribution in [3.05, 3.63) is 58.6 Å². The van der Waals surface area contributed by atoms with Crippen molar-refractivity contribution in [3.8, 4) is 0 Å². The summed E-state index contributed by atoms with van der Waals surface area (Å²) in [6.07, 6.45) is 6.82. The number of hydrogen-bond acceptors (Lipinski definition) is 4. The Morgan fingerprint density at radius 3 is 2.86 bits per heavy atom. The lowest BCUT2D eigenvalue weighted by Gasteiger charge is -2.28. The van der Waals surface area contributed by atoms with Crippen LogP contribution in [0, 0.1) is 0 Å². The number of unbranched alkanes of at least 4 members (excludes halogenated alkanes) is 1. The second-order valence-corrected chi connectivity index (χ2v) is 8.42. The number of nitrogens with zero attached hydrogens (tertiary/aromatic N) is 3. The van der Waals surface area contributed by atoms with Crippen LogP contribution in [-0.4, -0.2) is 39.5 Å². The second kappa shape index (κ2) is 9.70. The highest BCUT2D eigenvalue weighted by atomic mass is 35.5. The Morgan fingerprint density at radius 1 is 1.10 bits per heavy atom. The number of aryl methyl sites for hydroxylation is 1. The molecule has 1 aliphatic rings. The molecule has 4 rings (SSSR count). The minimum absolute atomic E-state index is 0.491. The molecule has 1 aromatic carbocycles. The van der Waals surface area contributed by atoms with Crippen LogP contribution < -0.4 is 5.73 Å². The largest absolute Gasteiger partial charge is 0.341 e. The van der Waals surface area contributed by atoms with Gasteiger partial charge in [-0.15, -0.1) is 0 Å². The Labute approximate surface area is 177 Å². The summed E-state index contributed by atoms with van der Waals surface area (Å²) in [6, 6.07) is 12.3. The van der Waals surface area contributed by atoms with Gasteiger partial charge in [-0.1, -0.05) is 29.8 Å². The number of imidazole rings is 1. The van der Waals surface area contributed by atoms with Crippen molar-refractivity contribution >= 4 is 22.6 Å². The summed E-state index contributed by atoms with van der Waals surface area (Å²) < 4.78 is 0. The van der Waals surface area contributed by atoms with E-state index in [4.69, 9.17) is 22.3 Å². The average molecular weight is 412 g/mol. The maximum Gasteiger partial charge on any atom is 0.129 e. The fourth-order valence-electron chi connectivity index (χ4n) is 4.38. The highest BCUT2D eigenvalue weighted by molar-refractivity contribution is 6.29. The first-order valence-electron chi connectivity index (χ1n) is 10.7. The molecule has 1 aliphatic carbocycles. The molecule has 0 fully saturated rings. The average Bonchev–Trinajstić information content (AvgIpc) is 3.14. The van der Waals surface area contributed by atoms with Crippen LogP contribution in [0.1, 0.15) is 55.1 Å². The van der Waals surface area contributed by atoms with E-state index in [2.05, 4.69) is 33.1 Å². The molecule has 2 heterocycles. The number of halogens is 1.